The smallest absolute Gasteiger partial charge is 0.241 e. The third-order valence-electron chi connectivity index (χ3n) is 10.8. The number of nitrogens with zero attached hydrogens (tertiary/aromatic N) is 2. The maximum absolute atomic E-state index is 13.7. The summed E-state index contributed by atoms with van der Waals surface area (Å²) in [5.41, 5.74) is 8.15. The molecule has 0 bridgehead atoms. The van der Waals surface area contributed by atoms with Crippen LogP contribution >= 0.6 is 0 Å². The molecule has 0 saturated carbocycles. The van der Waals surface area contributed by atoms with E-state index >= 15 is 0 Å². The molecule has 1 aromatic heterocycles. The topological polar surface area (TPSA) is 132 Å². The van der Waals surface area contributed by atoms with Crippen LogP contribution in [0, 0.1) is 6.92 Å². The van der Waals surface area contributed by atoms with Crippen molar-refractivity contribution in [3.05, 3.63) is 203 Å². The van der Waals surface area contributed by atoms with Crippen molar-refractivity contribution in [1.29, 1.82) is 0 Å². The molecule has 6 aromatic carbocycles. The second-order valence-electron chi connectivity index (χ2n) is 14.9. The van der Waals surface area contributed by atoms with Crippen molar-refractivity contribution >= 4 is 27.0 Å². The van der Waals surface area contributed by atoms with Crippen molar-refractivity contribution < 1.29 is 27.8 Å². The molecule has 300 valence electrons. The highest BCUT2D eigenvalue weighted by Gasteiger charge is 2.42. The number of imidazole rings is 1. The second-order valence-corrected chi connectivity index (χ2v) is 16.6. The first kappa shape index (κ1) is 39.9. The van der Waals surface area contributed by atoms with E-state index in [4.69, 9.17) is 9.47 Å². The van der Waals surface area contributed by atoms with E-state index in [0.717, 1.165) is 50.0 Å². The summed E-state index contributed by atoms with van der Waals surface area (Å²) in [6.45, 7) is 2.53. The van der Waals surface area contributed by atoms with E-state index in [1.807, 2.05) is 129 Å². The Bertz CT molecular complexity index is 2580. The monoisotopic (exact) mass is 806 g/mol. The Balaban J connectivity index is 1.04. The van der Waals surface area contributed by atoms with Crippen molar-refractivity contribution in [3.8, 4) is 0 Å². The Morgan fingerprint density at radius 1 is 0.729 bits per heavy atom. The molecule has 1 fully saturated rings. The van der Waals surface area contributed by atoms with Gasteiger partial charge in [0.1, 0.15) is 6.04 Å². The molecule has 7 aromatic rings. The molecule has 5 atom stereocenters. The highest BCUT2D eigenvalue weighted by Crippen LogP contribution is 2.47. The average molecular weight is 807 g/mol. The predicted octanol–water partition coefficient (Wildman–Crippen LogP) is 7.68. The molecule has 1 aliphatic heterocycles. The van der Waals surface area contributed by atoms with Gasteiger partial charge < -0.3 is 24.5 Å². The van der Waals surface area contributed by atoms with Crippen molar-refractivity contribution in [3.63, 3.8) is 0 Å². The van der Waals surface area contributed by atoms with Gasteiger partial charge in [-0.15, -0.1) is 0 Å². The standard InChI is InChI=1S/C48H46N4O6S/c1-33-16-26-40(27-17-33)59(55,56)51-42(28-34-10-4-2-5-11-34)47(54)49-29-35-18-24-39(25-19-35)48-57-44(30-52-32-50-41-14-8-9-15-43(41)52)45(37-12-6-3-7-13-37)46(58-48)38-22-20-36(31-53)21-23-38/h2-27,32,42,44-46,48,51,53H,28-31H2,1H3,(H,49,54). The lowest BCUT2D eigenvalue weighted by Gasteiger charge is -2.43. The van der Waals surface area contributed by atoms with Crippen LogP contribution in [-0.4, -0.2) is 41.1 Å². The van der Waals surface area contributed by atoms with Crippen molar-refractivity contribution in [2.45, 2.75) is 68.4 Å². The fraction of sp³-hybridized carbons (Fsp3) is 0.208. The number of ether oxygens (including phenoxy) is 2. The first-order valence-corrected chi connectivity index (χ1v) is 21.2. The van der Waals surface area contributed by atoms with Crippen molar-refractivity contribution in [1.82, 2.24) is 19.6 Å². The number of para-hydroxylation sites is 2. The van der Waals surface area contributed by atoms with Gasteiger partial charge in [0.2, 0.25) is 15.9 Å². The minimum absolute atomic E-state index is 0.0560. The summed E-state index contributed by atoms with van der Waals surface area (Å²) in [6, 6.07) is 48.7. The Morgan fingerprint density at radius 2 is 1.37 bits per heavy atom. The molecule has 3 N–H and O–H groups in total. The van der Waals surface area contributed by atoms with Crippen LogP contribution < -0.4 is 10.0 Å². The van der Waals surface area contributed by atoms with Gasteiger partial charge in [-0.25, -0.2) is 13.4 Å². The van der Waals surface area contributed by atoms with Crippen LogP contribution in [0.4, 0.5) is 0 Å². The summed E-state index contributed by atoms with van der Waals surface area (Å²) in [4.78, 5) is 18.5. The molecule has 10 nitrogen and oxygen atoms in total. The largest absolute Gasteiger partial charge is 0.392 e. The molecule has 11 heteroatoms. The Kier molecular flexibility index (Phi) is 12.1. The molecule has 1 aliphatic rings. The lowest BCUT2D eigenvalue weighted by molar-refractivity contribution is -0.263. The summed E-state index contributed by atoms with van der Waals surface area (Å²) in [7, 11) is -3.98. The predicted molar refractivity (Wildman–Crippen MR) is 226 cm³/mol. The number of amides is 1. The van der Waals surface area contributed by atoms with Crippen LogP contribution in [0.2, 0.25) is 0 Å². The zero-order chi connectivity index (χ0) is 40.8. The minimum atomic E-state index is -3.98. The van der Waals surface area contributed by atoms with E-state index in [1.54, 1.807) is 12.1 Å². The molecule has 8 rings (SSSR count). The van der Waals surface area contributed by atoms with Crippen LogP contribution in [-0.2, 0) is 50.4 Å². The Hall–Kier alpha value is -5.95. The zero-order valence-electron chi connectivity index (χ0n) is 32.6. The fourth-order valence-electron chi connectivity index (χ4n) is 7.63. The van der Waals surface area contributed by atoms with Crippen LogP contribution in [0.1, 0.15) is 57.3 Å². The number of aromatic nitrogens is 2. The maximum atomic E-state index is 13.7. The van der Waals surface area contributed by atoms with Crippen LogP contribution in [0.15, 0.2) is 169 Å². The lowest BCUT2D eigenvalue weighted by atomic mass is 9.83. The average Bonchev–Trinajstić information content (AvgIpc) is 3.68. The number of benzene rings is 6. The van der Waals surface area contributed by atoms with Crippen molar-refractivity contribution in [2.75, 3.05) is 0 Å². The van der Waals surface area contributed by atoms with E-state index < -0.39 is 34.4 Å². The number of hydrogen-bond donors (Lipinski definition) is 3. The van der Waals surface area contributed by atoms with E-state index in [-0.39, 0.29) is 36.5 Å². The van der Waals surface area contributed by atoms with Gasteiger partial charge in [-0.05, 0) is 65.4 Å². The number of sulfonamides is 1. The SMILES string of the molecule is Cc1ccc(S(=O)(=O)NC(Cc2ccccc2)C(=O)NCc2ccc(C3OC(Cn4cnc5ccccc54)C(c4ccccc4)C(c4ccc(CO)cc4)O3)cc2)cc1. The lowest BCUT2D eigenvalue weighted by Crippen LogP contribution is -2.47. The van der Waals surface area contributed by atoms with E-state index in [1.165, 1.54) is 12.1 Å². The molecular formula is C48H46N4O6S. The number of carbonyl (C=O) groups excluding carboxylic acids is 1. The van der Waals surface area contributed by atoms with Crippen LogP contribution in [0.5, 0.6) is 0 Å². The zero-order valence-corrected chi connectivity index (χ0v) is 33.4. The van der Waals surface area contributed by atoms with Gasteiger partial charge in [0, 0.05) is 18.0 Å². The Morgan fingerprint density at radius 3 is 2.08 bits per heavy atom. The van der Waals surface area contributed by atoms with Gasteiger partial charge in [-0.1, -0.05) is 139 Å². The molecule has 1 amide bonds. The quantitative estimate of drug-likeness (QED) is 0.103. The van der Waals surface area contributed by atoms with Crippen LogP contribution in [0.25, 0.3) is 11.0 Å². The first-order valence-electron chi connectivity index (χ1n) is 19.7. The van der Waals surface area contributed by atoms with Gasteiger partial charge in [0.15, 0.2) is 6.29 Å². The molecule has 0 spiro atoms. The highest BCUT2D eigenvalue weighted by molar-refractivity contribution is 7.89. The number of aliphatic hydroxyl groups excluding tert-OH is 1. The van der Waals surface area contributed by atoms with Gasteiger partial charge >= 0.3 is 0 Å². The summed E-state index contributed by atoms with van der Waals surface area (Å²) in [6.07, 6.45) is 0.574. The third-order valence-corrected chi connectivity index (χ3v) is 12.3. The number of nitrogens with one attached hydrogen (secondary N) is 2. The molecule has 0 aliphatic carbocycles. The van der Waals surface area contributed by atoms with Gasteiger partial charge in [-0.2, -0.15) is 4.72 Å². The molecule has 1 saturated heterocycles. The summed E-state index contributed by atoms with van der Waals surface area (Å²) >= 11 is 0. The summed E-state index contributed by atoms with van der Waals surface area (Å²) < 4.78 is 45.4. The number of aryl methyl sites for hydroxylation is 1. The number of aliphatic hydroxyl groups is 1. The third kappa shape index (κ3) is 9.36. The first-order chi connectivity index (χ1) is 28.7. The molecule has 2 heterocycles. The van der Waals surface area contributed by atoms with Gasteiger partial charge in [0.05, 0.1) is 47.6 Å². The minimum Gasteiger partial charge on any atom is -0.392 e. The number of hydrogen-bond acceptors (Lipinski definition) is 7. The Labute approximate surface area is 344 Å². The fourth-order valence-corrected chi connectivity index (χ4v) is 8.83. The normalized spacial score (nSPS) is 18.7. The molecule has 59 heavy (non-hydrogen) atoms. The van der Waals surface area contributed by atoms with E-state index in [0.29, 0.717) is 6.54 Å². The molecule has 5 unspecified atom stereocenters. The maximum Gasteiger partial charge on any atom is 0.241 e. The van der Waals surface area contributed by atoms with Crippen molar-refractivity contribution in [2.24, 2.45) is 0 Å². The van der Waals surface area contributed by atoms with Crippen LogP contribution in [0.3, 0.4) is 0 Å². The highest BCUT2D eigenvalue weighted by atomic mass is 32.2. The number of rotatable bonds is 14. The summed E-state index contributed by atoms with van der Waals surface area (Å²) in [5.74, 6) is -0.625. The molecular weight excluding hydrogens is 761 g/mol. The second kappa shape index (κ2) is 17.9. The van der Waals surface area contributed by atoms with Gasteiger partial charge in [0.25, 0.3) is 0 Å². The summed E-state index contributed by atoms with van der Waals surface area (Å²) in [5, 5.41) is 12.7. The number of carbonyl (C=O) groups is 1. The van der Waals surface area contributed by atoms with E-state index in [9.17, 15) is 18.3 Å². The molecule has 0 radical (unpaired) electrons. The van der Waals surface area contributed by atoms with Gasteiger partial charge in [-0.3, -0.25) is 4.79 Å². The number of fused-ring (bicyclic) bond motifs is 1. The van der Waals surface area contributed by atoms with E-state index in [2.05, 4.69) is 37.8 Å².